The maximum Gasteiger partial charge on any atom is 0.166 e. The van der Waals surface area contributed by atoms with E-state index in [1.807, 2.05) is 37.4 Å². The number of fused-ring (bicyclic) bond motifs is 2. The van der Waals surface area contributed by atoms with E-state index < -0.39 is 0 Å². The van der Waals surface area contributed by atoms with E-state index in [-0.39, 0.29) is 5.78 Å². The van der Waals surface area contributed by atoms with Gasteiger partial charge in [0, 0.05) is 18.2 Å². The van der Waals surface area contributed by atoms with Crippen LogP contribution in [-0.4, -0.2) is 27.5 Å². The second-order valence-corrected chi connectivity index (χ2v) is 6.49. The van der Waals surface area contributed by atoms with E-state index in [2.05, 4.69) is 12.0 Å². The SMILES string of the molecule is COc1ccc(-c2c(C)nn3cc4c(nc23)CC(C)CC4=O)cc1. The van der Waals surface area contributed by atoms with Crippen LogP contribution in [0, 0.1) is 12.8 Å². The minimum atomic E-state index is 0.164. The molecule has 1 aliphatic rings. The van der Waals surface area contributed by atoms with Gasteiger partial charge in [0.05, 0.1) is 24.1 Å². The molecule has 4 rings (SSSR count). The Morgan fingerprint density at radius 1 is 1.21 bits per heavy atom. The Bertz CT molecular complexity index is 941. The fraction of sp³-hybridized carbons (Fsp3) is 0.316. The Morgan fingerprint density at radius 3 is 2.67 bits per heavy atom. The van der Waals surface area contributed by atoms with Crippen LogP contribution in [0.2, 0.25) is 0 Å². The van der Waals surface area contributed by atoms with E-state index in [1.54, 1.807) is 11.6 Å². The third kappa shape index (κ3) is 2.28. The molecule has 2 aromatic heterocycles. The molecule has 1 aliphatic carbocycles. The minimum absolute atomic E-state index is 0.164. The number of hydrogen-bond donors (Lipinski definition) is 0. The molecule has 24 heavy (non-hydrogen) atoms. The topological polar surface area (TPSA) is 56.5 Å². The van der Waals surface area contributed by atoms with Gasteiger partial charge in [0.15, 0.2) is 11.4 Å². The molecule has 0 saturated heterocycles. The van der Waals surface area contributed by atoms with Crippen molar-refractivity contribution < 1.29 is 9.53 Å². The summed E-state index contributed by atoms with van der Waals surface area (Å²) in [5.41, 5.74) is 5.36. The van der Waals surface area contributed by atoms with Crippen LogP contribution in [0.3, 0.4) is 0 Å². The third-order valence-electron chi connectivity index (χ3n) is 4.62. The van der Waals surface area contributed by atoms with Crippen LogP contribution in [0.5, 0.6) is 5.75 Å². The molecule has 0 N–H and O–H groups in total. The van der Waals surface area contributed by atoms with Crippen molar-refractivity contribution in [2.75, 3.05) is 7.11 Å². The number of nitrogens with zero attached hydrogens (tertiary/aromatic N) is 3. The van der Waals surface area contributed by atoms with E-state index >= 15 is 0 Å². The molecule has 1 unspecified atom stereocenters. The van der Waals surface area contributed by atoms with Gasteiger partial charge in [-0.3, -0.25) is 4.79 Å². The van der Waals surface area contributed by atoms with Gasteiger partial charge in [-0.2, -0.15) is 5.10 Å². The third-order valence-corrected chi connectivity index (χ3v) is 4.62. The first-order valence-electron chi connectivity index (χ1n) is 8.13. The van der Waals surface area contributed by atoms with E-state index in [0.29, 0.717) is 17.9 Å². The first-order chi connectivity index (χ1) is 11.6. The van der Waals surface area contributed by atoms with Gasteiger partial charge in [-0.15, -0.1) is 0 Å². The molecule has 0 fully saturated rings. The molecular weight excluding hydrogens is 302 g/mol. The fourth-order valence-electron chi connectivity index (χ4n) is 3.43. The zero-order chi connectivity index (χ0) is 16.8. The molecular formula is C19H19N3O2. The Balaban J connectivity index is 1.91. The van der Waals surface area contributed by atoms with E-state index in [4.69, 9.17) is 9.72 Å². The largest absolute Gasteiger partial charge is 0.497 e. The number of rotatable bonds is 2. The van der Waals surface area contributed by atoms with E-state index in [0.717, 1.165) is 40.3 Å². The Morgan fingerprint density at radius 2 is 1.96 bits per heavy atom. The summed E-state index contributed by atoms with van der Waals surface area (Å²) in [6.45, 7) is 4.07. The van der Waals surface area contributed by atoms with Crippen LogP contribution < -0.4 is 4.74 Å². The highest BCUT2D eigenvalue weighted by Gasteiger charge is 2.26. The van der Waals surface area contributed by atoms with Crippen LogP contribution in [0.1, 0.15) is 35.1 Å². The first-order valence-corrected chi connectivity index (χ1v) is 8.13. The number of carbonyl (C=O) groups excluding carboxylic acids is 1. The number of ether oxygens (including phenoxy) is 1. The van der Waals surface area contributed by atoms with Gasteiger partial charge in [-0.1, -0.05) is 19.1 Å². The number of ketones is 1. The van der Waals surface area contributed by atoms with Crippen molar-refractivity contribution in [1.29, 1.82) is 0 Å². The maximum atomic E-state index is 12.3. The number of Topliss-reactive ketones (excluding diaryl/α,β-unsaturated/α-hetero) is 1. The van der Waals surface area contributed by atoms with E-state index in [1.165, 1.54) is 0 Å². The highest BCUT2D eigenvalue weighted by molar-refractivity contribution is 5.98. The van der Waals surface area contributed by atoms with Crippen LogP contribution >= 0.6 is 0 Å². The normalized spacial score (nSPS) is 17.1. The number of hydrogen-bond acceptors (Lipinski definition) is 4. The fourth-order valence-corrected chi connectivity index (χ4v) is 3.43. The smallest absolute Gasteiger partial charge is 0.166 e. The molecule has 0 spiro atoms. The van der Waals surface area contributed by atoms with Gasteiger partial charge in [0.2, 0.25) is 0 Å². The lowest BCUT2D eigenvalue weighted by Crippen LogP contribution is -2.20. The average Bonchev–Trinajstić information content (AvgIpc) is 2.88. The monoisotopic (exact) mass is 321 g/mol. The number of aromatic nitrogens is 3. The molecule has 1 aromatic carbocycles. The minimum Gasteiger partial charge on any atom is -0.497 e. The van der Waals surface area contributed by atoms with Gasteiger partial charge in [-0.25, -0.2) is 9.50 Å². The zero-order valence-corrected chi connectivity index (χ0v) is 14.0. The molecule has 0 radical (unpaired) electrons. The van der Waals surface area contributed by atoms with Gasteiger partial charge in [-0.05, 0) is 37.0 Å². The molecule has 0 amide bonds. The van der Waals surface area contributed by atoms with Crippen LogP contribution in [-0.2, 0) is 6.42 Å². The van der Waals surface area contributed by atoms with Crippen molar-refractivity contribution in [3.8, 4) is 16.9 Å². The Hall–Kier alpha value is -2.69. The molecule has 5 heteroatoms. The predicted molar refractivity (Wildman–Crippen MR) is 91.5 cm³/mol. The maximum absolute atomic E-state index is 12.3. The summed E-state index contributed by atoms with van der Waals surface area (Å²) in [6.07, 6.45) is 3.27. The van der Waals surface area contributed by atoms with Gasteiger partial charge in [0.1, 0.15) is 5.75 Å². The van der Waals surface area contributed by atoms with Gasteiger partial charge in [0.25, 0.3) is 0 Å². The standard InChI is InChI=1S/C19H19N3O2/c1-11-8-16-15(17(23)9-11)10-22-19(20-16)18(12(2)21-22)13-4-6-14(24-3)7-5-13/h4-7,10-11H,8-9H2,1-3H3. The molecule has 0 bridgehead atoms. The van der Waals surface area contributed by atoms with Gasteiger partial charge < -0.3 is 4.74 Å². The molecule has 3 aromatic rings. The highest BCUT2D eigenvalue weighted by atomic mass is 16.5. The molecule has 122 valence electrons. The summed E-state index contributed by atoms with van der Waals surface area (Å²) in [5.74, 6) is 1.32. The molecule has 1 atom stereocenters. The zero-order valence-electron chi connectivity index (χ0n) is 14.0. The summed E-state index contributed by atoms with van der Waals surface area (Å²) in [7, 11) is 1.65. The Labute approximate surface area is 140 Å². The van der Waals surface area contributed by atoms with Crippen molar-refractivity contribution >= 4 is 11.4 Å². The second-order valence-electron chi connectivity index (χ2n) is 6.49. The second kappa shape index (κ2) is 5.44. The summed E-state index contributed by atoms with van der Waals surface area (Å²) in [4.78, 5) is 17.1. The summed E-state index contributed by atoms with van der Waals surface area (Å²) in [5, 5.41) is 4.56. The first kappa shape index (κ1) is 14.9. The lowest BCUT2D eigenvalue weighted by Gasteiger charge is -2.19. The molecule has 5 nitrogen and oxygen atoms in total. The summed E-state index contributed by atoms with van der Waals surface area (Å²) >= 11 is 0. The van der Waals surface area contributed by atoms with Crippen molar-refractivity contribution in [3.63, 3.8) is 0 Å². The highest BCUT2D eigenvalue weighted by Crippen LogP contribution is 2.31. The summed E-state index contributed by atoms with van der Waals surface area (Å²) < 4.78 is 6.97. The average molecular weight is 321 g/mol. The number of carbonyl (C=O) groups is 1. The van der Waals surface area contributed by atoms with Crippen molar-refractivity contribution in [2.24, 2.45) is 5.92 Å². The molecule has 0 aliphatic heterocycles. The number of benzene rings is 1. The van der Waals surface area contributed by atoms with Crippen molar-refractivity contribution in [3.05, 3.63) is 47.4 Å². The van der Waals surface area contributed by atoms with E-state index in [9.17, 15) is 4.79 Å². The summed E-state index contributed by atoms with van der Waals surface area (Å²) in [6, 6.07) is 7.89. The molecule has 2 heterocycles. The lowest BCUT2D eigenvalue weighted by atomic mass is 9.88. The number of methoxy groups -OCH3 is 1. The van der Waals surface area contributed by atoms with Crippen LogP contribution in [0.4, 0.5) is 0 Å². The van der Waals surface area contributed by atoms with Crippen molar-refractivity contribution in [2.45, 2.75) is 26.7 Å². The van der Waals surface area contributed by atoms with Crippen molar-refractivity contribution in [1.82, 2.24) is 14.6 Å². The number of aryl methyl sites for hydroxylation is 1. The van der Waals surface area contributed by atoms with Crippen LogP contribution in [0.25, 0.3) is 16.8 Å². The Kier molecular flexibility index (Phi) is 3.37. The quantitative estimate of drug-likeness (QED) is 0.725. The lowest BCUT2D eigenvalue weighted by molar-refractivity contribution is 0.0951. The van der Waals surface area contributed by atoms with Gasteiger partial charge >= 0.3 is 0 Å². The molecule has 0 saturated carbocycles. The predicted octanol–water partition coefficient (Wildman–Crippen LogP) is 3.48. The van der Waals surface area contributed by atoms with Crippen LogP contribution in [0.15, 0.2) is 30.5 Å².